The van der Waals surface area contributed by atoms with E-state index in [1.807, 2.05) is 4.90 Å². The second-order valence-corrected chi connectivity index (χ2v) is 10.5. The number of furan rings is 1. The molecule has 3 aromatic heterocycles. The molecule has 0 spiro atoms. The number of aromatic nitrogens is 5. The number of nitrogens with zero attached hydrogens (tertiary/aromatic N) is 7. The van der Waals surface area contributed by atoms with Crippen LogP contribution in [0.1, 0.15) is 10.4 Å². The summed E-state index contributed by atoms with van der Waals surface area (Å²) in [4.78, 5) is 29.5. The lowest BCUT2D eigenvalue weighted by Gasteiger charge is -2.36. The predicted molar refractivity (Wildman–Crippen MR) is 146 cm³/mol. The summed E-state index contributed by atoms with van der Waals surface area (Å²) >= 11 is -0.999. The average molecular weight is 557 g/mol. The minimum atomic E-state index is -0.999. The lowest BCUT2D eigenvalue weighted by atomic mass is 10.1. The van der Waals surface area contributed by atoms with Gasteiger partial charge in [0.1, 0.15) is 11.6 Å². The Morgan fingerprint density at radius 1 is 1.18 bits per heavy atom. The average Bonchev–Trinajstić information content (AvgIpc) is 3.59. The van der Waals surface area contributed by atoms with Crippen LogP contribution >= 0.6 is 0 Å². The number of carbonyl (C=O) groups excluding carboxylic acids is 1. The zero-order valence-electron chi connectivity index (χ0n) is 21.3. The van der Waals surface area contributed by atoms with Crippen LogP contribution in [0.25, 0.3) is 17.4 Å². The minimum Gasteiger partial charge on any atom is -0.617 e. The summed E-state index contributed by atoms with van der Waals surface area (Å²) in [5.41, 5.74) is 6.75. The number of hydrogen-bond acceptors (Lipinski definition) is 11. The maximum Gasteiger partial charge on any atom is 0.259 e. The van der Waals surface area contributed by atoms with E-state index in [4.69, 9.17) is 10.2 Å². The Hall–Kier alpha value is -3.95. The highest BCUT2D eigenvalue weighted by molar-refractivity contribution is 7.90. The third-order valence-corrected chi connectivity index (χ3v) is 7.06. The molecular formula is C24H29FN10O3S. The molecule has 0 radical (unpaired) electrons. The van der Waals surface area contributed by atoms with Gasteiger partial charge in [-0.1, -0.05) is 11.2 Å². The Labute approximate surface area is 226 Å². The first-order chi connectivity index (χ1) is 18.9. The van der Waals surface area contributed by atoms with Gasteiger partial charge >= 0.3 is 0 Å². The molecular weight excluding hydrogens is 527 g/mol. The van der Waals surface area contributed by atoms with Crippen molar-refractivity contribution in [3.8, 4) is 11.6 Å². The highest BCUT2D eigenvalue weighted by Gasteiger charge is 2.21. The summed E-state index contributed by atoms with van der Waals surface area (Å²) in [5, 5.41) is 10.1. The highest BCUT2D eigenvalue weighted by Crippen LogP contribution is 2.22. The van der Waals surface area contributed by atoms with Crippen molar-refractivity contribution in [3.05, 3.63) is 48.0 Å². The molecule has 4 heterocycles. The van der Waals surface area contributed by atoms with Gasteiger partial charge in [0.25, 0.3) is 11.7 Å². The van der Waals surface area contributed by atoms with E-state index in [1.54, 1.807) is 30.5 Å². The standard InChI is InChI=1S/C24H29FN10O3S/c1-39(37)14-7-27-21(36)16-4-5-18(17(25)15-16)34-11-9-33(10-12-34)8-6-28-23-30-22(26)35-24(31-23)29-20(32-35)19-3-2-13-38-19/h2-5,13,15H,6-12,14H2,1H3,(H,27,36)(H3,26,28,29,30,31,32)/t39-/m1/s1. The monoisotopic (exact) mass is 556 g/mol. The molecule has 1 amide bonds. The van der Waals surface area contributed by atoms with Gasteiger partial charge in [-0.3, -0.25) is 9.69 Å². The summed E-state index contributed by atoms with van der Waals surface area (Å²) in [5.74, 6) is 1.25. The molecule has 13 nitrogen and oxygen atoms in total. The third kappa shape index (κ3) is 6.38. The number of halogens is 1. The number of anilines is 3. The molecule has 0 bridgehead atoms. The Kier molecular flexibility index (Phi) is 8.09. The molecule has 0 aliphatic carbocycles. The van der Waals surface area contributed by atoms with Crippen molar-refractivity contribution in [3.63, 3.8) is 0 Å². The number of nitrogens with one attached hydrogen (secondary N) is 2. The van der Waals surface area contributed by atoms with Gasteiger partial charge in [-0.15, -0.1) is 5.10 Å². The molecule has 0 unspecified atom stereocenters. The molecule has 5 rings (SSSR count). The van der Waals surface area contributed by atoms with Crippen molar-refractivity contribution < 1.29 is 18.2 Å². The van der Waals surface area contributed by atoms with Crippen LogP contribution in [0, 0.1) is 5.82 Å². The predicted octanol–water partition coefficient (Wildman–Crippen LogP) is 0.843. The van der Waals surface area contributed by atoms with Crippen LogP contribution in [0.4, 0.5) is 22.0 Å². The van der Waals surface area contributed by atoms with Crippen molar-refractivity contribution in [1.29, 1.82) is 0 Å². The zero-order chi connectivity index (χ0) is 27.4. The van der Waals surface area contributed by atoms with Crippen LogP contribution < -0.4 is 21.3 Å². The van der Waals surface area contributed by atoms with Crippen molar-refractivity contribution >= 4 is 40.4 Å². The number of piperazine rings is 1. The molecule has 15 heteroatoms. The van der Waals surface area contributed by atoms with E-state index >= 15 is 0 Å². The first kappa shape index (κ1) is 26.6. The SMILES string of the molecule is C[S@@+]([O-])CCNC(=O)c1ccc(N2CCN(CCNc3nc(N)n4nc(-c5ccco5)nc4n3)CC2)c(F)c1. The number of hydrogen-bond donors (Lipinski definition) is 3. The Morgan fingerprint density at radius 3 is 2.72 bits per heavy atom. The molecule has 0 saturated carbocycles. The summed E-state index contributed by atoms with van der Waals surface area (Å²) in [6.07, 6.45) is 3.11. The molecule has 1 aromatic carbocycles. The Morgan fingerprint density at radius 2 is 2.00 bits per heavy atom. The molecule has 4 N–H and O–H groups in total. The molecule has 4 aromatic rings. The van der Waals surface area contributed by atoms with E-state index in [9.17, 15) is 13.7 Å². The van der Waals surface area contributed by atoms with Crippen molar-refractivity contribution in [2.75, 3.05) is 73.8 Å². The highest BCUT2D eigenvalue weighted by atomic mass is 32.2. The Balaban J connectivity index is 1.10. The molecule has 39 heavy (non-hydrogen) atoms. The van der Waals surface area contributed by atoms with Crippen molar-refractivity contribution in [1.82, 2.24) is 34.8 Å². The maximum atomic E-state index is 14.8. The van der Waals surface area contributed by atoms with Crippen LogP contribution in [0.15, 0.2) is 41.0 Å². The third-order valence-electron chi connectivity index (χ3n) is 6.28. The van der Waals surface area contributed by atoms with Gasteiger partial charge in [-0.25, -0.2) is 4.39 Å². The first-order valence-corrected chi connectivity index (χ1v) is 14.1. The Bertz CT molecular complexity index is 1420. The second-order valence-electron chi connectivity index (χ2n) is 8.98. The molecule has 1 fully saturated rings. The van der Waals surface area contributed by atoms with Gasteiger partial charge < -0.3 is 30.2 Å². The van der Waals surface area contributed by atoms with Gasteiger partial charge in [0, 0.05) is 44.8 Å². The van der Waals surface area contributed by atoms with Gasteiger partial charge in [-0.05, 0) is 30.3 Å². The number of rotatable bonds is 10. The molecule has 1 aliphatic rings. The van der Waals surface area contributed by atoms with Gasteiger partial charge in [0.05, 0.1) is 24.8 Å². The van der Waals surface area contributed by atoms with E-state index in [1.165, 1.54) is 16.8 Å². The van der Waals surface area contributed by atoms with E-state index in [2.05, 4.69) is 35.6 Å². The second kappa shape index (κ2) is 11.8. The summed E-state index contributed by atoms with van der Waals surface area (Å²) < 4.78 is 32.7. The van der Waals surface area contributed by atoms with Gasteiger partial charge in [0.2, 0.25) is 17.7 Å². The minimum absolute atomic E-state index is 0.157. The first-order valence-electron chi connectivity index (χ1n) is 12.4. The number of nitrogen functional groups attached to an aromatic ring is 1. The van der Waals surface area contributed by atoms with Crippen LogP contribution in [-0.2, 0) is 11.2 Å². The van der Waals surface area contributed by atoms with Crippen molar-refractivity contribution in [2.24, 2.45) is 0 Å². The fourth-order valence-corrected chi connectivity index (χ4v) is 4.64. The number of amides is 1. The molecule has 1 saturated heterocycles. The van der Waals surface area contributed by atoms with Crippen LogP contribution in [0.3, 0.4) is 0 Å². The topological polar surface area (TPSA) is 166 Å². The van der Waals surface area contributed by atoms with Crippen LogP contribution in [0.2, 0.25) is 0 Å². The lowest BCUT2D eigenvalue weighted by Crippen LogP contribution is -2.48. The summed E-state index contributed by atoms with van der Waals surface area (Å²) in [7, 11) is 0. The van der Waals surface area contributed by atoms with Gasteiger partial charge in [-0.2, -0.15) is 19.5 Å². The fourth-order valence-electron chi connectivity index (χ4n) is 4.25. The number of carbonyl (C=O) groups is 1. The quantitative estimate of drug-likeness (QED) is 0.237. The molecule has 1 atom stereocenters. The maximum absolute atomic E-state index is 14.8. The zero-order valence-corrected chi connectivity index (χ0v) is 22.2. The van der Waals surface area contributed by atoms with Crippen LogP contribution in [-0.4, -0.2) is 97.7 Å². The number of benzene rings is 1. The largest absolute Gasteiger partial charge is 0.617 e. The summed E-state index contributed by atoms with van der Waals surface area (Å²) in [6.45, 7) is 4.39. The van der Waals surface area contributed by atoms with E-state index in [0.29, 0.717) is 54.4 Å². The van der Waals surface area contributed by atoms with Crippen LogP contribution in [0.5, 0.6) is 0 Å². The van der Waals surface area contributed by atoms with E-state index < -0.39 is 17.0 Å². The van der Waals surface area contributed by atoms with E-state index in [-0.39, 0.29) is 24.0 Å². The normalized spacial score (nSPS) is 15.0. The van der Waals surface area contributed by atoms with E-state index in [0.717, 1.165) is 19.6 Å². The summed E-state index contributed by atoms with van der Waals surface area (Å²) in [6, 6.07) is 8.00. The van der Waals surface area contributed by atoms with Crippen molar-refractivity contribution in [2.45, 2.75) is 0 Å². The fraction of sp³-hybridized carbons (Fsp3) is 0.375. The lowest BCUT2D eigenvalue weighted by molar-refractivity contribution is 0.0955. The molecule has 1 aliphatic heterocycles. The smallest absolute Gasteiger partial charge is 0.259 e. The molecule has 206 valence electrons. The van der Waals surface area contributed by atoms with Gasteiger partial charge in [0.15, 0.2) is 5.76 Å². The number of fused-ring (bicyclic) bond motifs is 1. The number of nitrogens with two attached hydrogens (primary N) is 1.